The molecule has 0 saturated carbocycles. The first-order valence-electron chi connectivity index (χ1n) is 34.4. The number of carbonyl (C=O) groups excluding carboxylic acids is 20. The summed E-state index contributed by atoms with van der Waals surface area (Å²) in [5.41, 5.74) is 11.0. The number of hydrogen-bond donors (Lipinski definition) is 21. The molecule has 0 aromatic rings. The molecule has 0 aromatic carbocycles. The highest BCUT2D eigenvalue weighted by atomic mass is 16.2. The Hall–Kier alpha value is -9.52. The van der Waals surface area contributed by atoms with Gasteiger partial charge in [0.25, 0.3) is 41.4 Å². The molecule has 0 bridgehead atoms. The molecule has 0 heterocycles. The summed E-state index contributed by atoms with van der Waals surface area (Å²) in [6.07, 6.45) is -11.1. The highest BCUT2D eigenvalue weighted by molar-refractivity contribution is 5.99. The van der Waals surface area contributed by atoms with E-state index in [-0.39, 0.29) is 50.2 Å². The number of primary amides is 1. The van der Waals surface area contributed by atoms with Gasteiger partial charge in [-0.2, -0.15) is 0 Å². The normalized spacial score (nSPS) is 17.2. The fourth-order valence-corrected chi connectivity index (χ4v) is 9.13. The number of nitrogens with two attached hydrogens (primary N) is 2. The second kappa shape index (κ2) is 50.0. The van der Waals surface area contributed by atoms with Gasteiger partial charge in [0.15, 0.2) is 43.2 Å². The number of likely N-dealkylation sites (N-methyl/N-ethyl adjacent to an activating group) is 1. The van der Waals surface area contributed by atoms with Gasteiger partial charge in [0.1, 0.15) is 68.2 Å². The van der Waals surface area contributed by atoms with Gasteiger partial charge in [-0.25, -0.2) is 0 Å². The Balaban J connectivity index is 7.58. The molecule has 0 spiro atoms. The SMILES string of the molecule is CC[C@@H](C)[C@H](C=O)N[C@H](NC(=O)[C@@H](NC(=O)[C@@H](NC(=O)[C@@H](NC(=O)[C@@H](NC(=O)[C@H](C)N)N[C@@H](C=O)CCC(N)=O)N[C@@H](C=O)CC(C)C)N[C@@H](C)C=O)N[C@@H](C=O)[C@H](C)CC)C(=O)N[C@@H](NCC=O)C(=O)N[C@@H](C)C(=O)N[C@@H](C)C(=O)N[C@@H](N[C@@H](C=O)[C@H](C)CC)C(=O)N[C@@H](C)C(=O)N[C@@H](C)C(=O)NC. The summed E-state index contributed by atoms with van der Waals surface area (Å²) in [5, 5.41) is 46.2. The third-order valence-electron chi connectivity index (χ3n) is 16.4. The van der Waals surface area contributed by atoms with Gasteiger partial charge in [-0.3, -0.25) is 99.5 Å². The van der Waals surface area contributed by atoms with Crippen LogP contribution in [0.15, 0.2) is 0 Å². The Kier molecular flexibility index (Phi) is 45.5. The van der Waals surface area contributed by atoms with Gasteiger partial charge in [0.05, 0.1) is 48.8 Å². The maximum atomic E-state index is 14.8. The zero-order valence-electron chi connectivity index (χ0n) is 62.0. The minimum atomic E-state index is -2.15. The highest BCUT2D eigenvalue weighted by Gasteiger charge is 2.39. The van der Waals surface area contributed by atoms with Crippen molar-refractivity contribution >= 4 is 121 Å². The minimum Gasteiger partial charge on any atom is -0.370 e. The van der Waals surface area contributed by atoms with Gasteiger partial charge >= 0.3 is 0 Å². The van der Waals surface area contributed by atoms with E-state index < -0.39 is 205 Å². The average molecular weight is 1490 g/mol. The summed E-state index contributed by atoms with van der Waals surface area (Å²) in [5.74, 6) is -16.0. The Morgan fingerprint density at radius 3 is 0.952 bits per heavy atom. The highest BCUT2D eigenvalue weighted by Crippen LogP contribution is 2.11. The molecule has 13 amide bonds. The van der Waals surface area contributed by atoms with Crippen LogP contribution in [-0.2, 0) is 95.9 Å². The van der Waals surface area contributed by atoms with Crippen LogP contribution in [-0.4, -0.2) is 244 Å². The lowest BCUT2D eigenvalue weighted by Gasteiger charge is -2.32. The van der Waals surface area contributed by atoms with E-state index in [9.17, 15) is 95.9 Å². The van der Waals surface area contributed by atoms with E-state index in [0.717, 1.165) is 6.92 Å². The van der Waals surface area contributed by atoms with Gasteiger partial charge in [0.2, 0.25) is 35.4 Å². The van der Waals surface area contributed by atoms with Crippen LogP contribution in [0.25, 0.3) is 0 Å². The number of rotatable bonds is 55. The lowest BCUT2D eigenvalue weighted by Crippen LogP contribution is -2.70. The molecule has 0 aromatic heterocycles. The molecule has 0 saturated heterocycles. The monoisotopic (exact) mass is 1490 g/mol. The first kappa shape index (κ1) is 95.5. The van der Waals surface area contributed by atoms with E-state index in [1.54, 1.807) is 55.4 Å². The minimum absolute atomic E-state index is 0.0316. The molecule has 21 atom stereocenters. The number of hydrogen-bond acceptors (Lipinski definition) is 28. The topological polar surface area (TPSA) is 622 Å². The van der Waals surface area contributed by atoms with E-state index in [1.807, 2.05) is 0 Å². The van der Waals surface area contributed by atoms with Crippen molar-refractivity contribution in [3.8, 4) is 0 Å². The van der Waals surface area contributed by atoms with Crippen molar-refractivity contribution in [2.75, 3.05) is 13.6 Å². The molecule has 0 unspecified atom stereocenters. The van der Waals surface area contributed by atoms with Gasteiger partial charge in [-0.15, -0.1) is 0 Å². The predicted molar refractivity (Wildman–Crippen MR) is 376 cm³/mol. The van der Waals surface area contributed by atoms with E-state index in [4.69, 9.17) is 11.5 Å². The van der Waals surface area contributed by atoms with E-state index >= 15 is 0 Å². The molecule has 0 rings (SSSR count). The second-order valence-electron chi connectivity index (χ2n) is 25.7. The molecule has 0 aliphatic carbocycles. The van der Waals surface area contributed by atoms with Gasteiger partial charge in [-0.05, 0) is 78.1 Å². The Bertz CT molecular complexity index is 2970. The van der Waals surface area contributed by atoms with Crippen molar-refractivity contribution in [3.63, 3.8) is 0 Å². The molecule has 23 N–H and O–H groups in total. The van der Waals surface area contributed by atoms with Crippen LogP contribution in [0, 0.1) is 23.7 Å². The maximum absolute atomic E-state index is 14.8. The molecule has 0 aliphatic heterocycles. The second-order valence-corrected chi connectivity index (χ2v) is 25.7. The lowest BCUT2D eigenvalue weighted by atomic mass is 10.00. The van der Waals surface area contributed by atoms with Crippen molar-refractivity contribution in [2.45, 2.75) is 245 Å². The Labute approximate surface area is 609 Å². The van der Waals surface area contributed by atoms with Crippen LogP contribution < -0.4 is 112 Å². The largest absolute Gasteiger partial charge is 0.370 e. The van der Waals surface area contributed by atoms with E-state index in [1.165, 1.54) is 41.7 Å². The third-order valence-corrected chi connectivity index (χ3v) is 16.4. The fraction of sp³-hybridized carbons (Fsp3) is 0.688. The Morgan fingerprint density at radius 2 is 0.638 bits per heavy atom. The molecule has 105 heavy (non-hydrogen) atoms. The van der Waals surface area contributed by atoms with Crippen molar-refractivity contribution in [2.24, 2.45) is 35.1 Å². The summed E-state index contributed by atoms with van der Waals surface area (Å²) in [6.45, 7) is 20.2. The average Bonchev–Trinajstić information content (AvgIpc) is 0.839. The van der Waals surface area contributed by atoms with E-state index in [0.29, 0.717) is 44.1 Å². The summed E-state index contributed by atoms with van der Waals surface area (Å²) in [4.78, 5) is 264. The van der Waals surface area contributed by atoms with Crippen molar-refractivity contribution in [3.05, 3.63) is 0 Å². The first-order valence-corrected chi connectivity index (χ1v) is 34.4. The van der Waals surface area contributed by atoms with Crippen molar-refractivity contribution < 1.29 is 95.9 Å². The number of amides is 13. The predicted octanol–water partition coefficient (Wildman–Crippen LogP) is -9.60. The summed E-state index contributed by atoms with van der Waals surface area (Å²) in [7, 11) is 1.35. The molecule has 592 valence electrons. The zero-order chi connectivity index (χ0) is 80.5. The van der Waals surface area contributed by atoms with Gasteiger partial charge in [0, 0.05) is 13.5 Å². The number of carbonyl (C=O) groups is 20. The molecule has 0 radical (unpaired) electrons. The molecule has 0 aliphatic rings. The van der Waals surface area contributed by atoms with Crippen LogP contribution in [0.1, 0.15) is 135 Å². The van der Waals surface area contributed by atoms with Crippen molar-refractivity contribution in [1.82, 2.24) is 101 Å². The number of nitrogens with one attached hydrogen (secondary N) is 19. The Morgan fingerprint density at radius 1 is 0.343 bits per heavy atom. The summed E-state index contributed by atoms with van der Waals surface area (Å²) < 4.78 is 0. The standard InChI is InChI=1S/C64H111N21O20/c1-16-31(6)42(27-90)76-50(59(100)73-38(13)55(96)70-36(11)54(95)67-15)81-57(98)39(14)71-56(97)37(12)72-58(99)46(68-21-22-86)79-63(104)51(77-43(28-91)32(7)17-2)85-64(105)52(78-44(29-92)33(8)18-3)84-60(101)47(69-34(9)24-87)82-62(103)49(75-41(26-89)23-30(4)5)83-61(102)48(80-53(94)35(10)65)74-40(25-88)19-20-45(66)93/h22,24-44,46-52,68-69,74-78H,16-21,23,65H2,1-15H3,(H2,66,93)(H,67,95)(H,70,96)(H,71,97)(H,72,99)(H,73,100)(H,79,104)(H,80,94)(H,81,98)(H,82,103)(H,83,102)(H,84,101)(H,85,105)/t31-,32-,33-,34+,35+,36+,37+,38+,39+,40-,41-,42+,43+,44+,46-,47-,48-,49-,50-,51-,52-/m1/s1. The summed E-state index contributed by atoms with van der Waals surface area (Å²) in [6, 6.07) is -14.2. The van der Waals surface area contributed by atoms with E-state index in [2.05, 4.69) is 101 Å². The van der Waals surface area contributed by atoms with Crippen LogP contribution in [0.4, 0.5) is 0 Å². The smallest absolute Gasteiger partial charge is 0.259 e. The van der Waals surface area contributed by atoms with Crippen molar-refractivity contribution in [1.29, 1.82) is 0 Å². The summed E-state index contributed by atoms with van der Waals surface area (Å²) >= 11 is 0. The molecule has 41 nitrogen and oxygen atoms in total. The van der Waals surface area contributed by atoms with Crippen LogP contribution in [0.3, 0.4) is 0 Å². The third kappa shape index (κ3) is 35.2. The van der Waals surface area contributed by atoms with Gasteiger partial charge < -0.3 is 109 Å². The molecular weight excluding hydrogens is 1380 g/mol. The van der Waals surface area contributed by atoms with Gasteiger partial charge in [-0.1, -0.05) is 74.7 Å². The quantitative estimate of drug-likeness (QED) is 0.0199. The fourth-order valence-electron chi connectivity index (χ4n) is 9.13. The van der Waals surface area contributed by atoms with Crippen LogP contribution in [0.5, 0.6) is 0 Å². The number of aldehydes is 7. The van der Waals surface area contributed by atoms with Crippen LogP contribution >= 0.6 is 0 Å². The first-order chi connectivity index (χ1) is 49.3. The van der Waals surface area contributed by atoms with Crippen LogP contribution in [0.2, 0.25) is 0 Å². The molecule has 41 heteroatoms. The molecule has 0 fully saturated rings. The lowest BCUT2D eigenvalue weighted by molar-refractivity contribution is -0.138. The zero-order valence-corrected chi connectivity index (χ0v) is 62.0. The maximum Gasteiger partial charge on any atom is 0.259 e. The molecular formula is C64H111N21O20.